The summed E-state index contributed by atoms with van der Waals surface area (Å²) in [5, 5.41) is 19.5. The van der Waals surface area contributed by atoms with Crippen LogP contribution in [0.25, 0.3) is 0 Å². The zero-order valence-electron chi connectivity index (χ0n) is 8.35. The predicted octanol–water partition coefficient (Wildman–Crippen LogP) is -1.47. The lowest BCUT2D eigenvalue weighted by atomic mass is 10.1. The van der Waals surface area contributed by atoms with Crippen molar-refractivity contribution in [1.29, 1.82) is 0 Å². The maximum Gasteiger partial charge on any atom is 0.320 e. The fourth-order valence-corrected chi connectivity index (χ4v) is 1.08. The lowest BCUT2D eigenvalue weighted by Gasteiger charge is -2.13. The van der Waals surface area contributed by atoms with E-state index in [4.69, 9.17) is 21.7 Å². The standard InChI is InChI=1S/C8H17N3O4/c9-6(10)3-1-2-5(8(14)15)11-4-7(12)13/h5-6,11H,1-4,9-10H2,(H,12,13)(H,14,15). The Labute approximate surface area is 87.4 Å². The first-order valence-electron chi connectivity index (χ1n) is 4.62. The van der Waals surface area contributed by atoms with E-state index in [1.807, 2.05) is 0 Å². The van der Waals surface area contributed by atoms with E-state index in [-0.39, 0.29) is 6.54 Å². The van der Waals surface area contributed by atoms with Crippen molar-refractivity contribution in [3.05, 3.63) is 0 Å². The second kappa shape index (κ2) is 7.16. The number of carboxylic acids is 2. The number of nitrogens with two attached hydrogens (primary N) is 2. The molecule has 0 saturated heterocycles. The molecule has 0 heterocycles. The molecular weight excluding hydrogens is 202 g/mol. The van der Waals surface area contributed by atoms with Crippen molar-refractivity contribution >= 4 is 11.9 Å². The monoisotopic (exact) mass is 219 g/mol. The normalized spacial score (nSPS) is 12.7. The highest BCUT2D eigenvalue weighted by atomic mass is 16.4. The van der Waals surface area contributed by atoms with Crippen LogP contribution in [0, 0.1) is 0 Å². The van der Waals surface area contributed by atoms with Gasteiger partial charge < -0.3 is 21.7 Å². The Balaban J connectivity index is 3.84. The van der Waals surface area contributed by atoms with Gasteiger partial charge in [0.05, 0.1) is 12.7 Å². The van der Waals surface area contributed by atoms with Crippen LogP contribution in [0.2, 0.25) is 0 Å². The molecule has 0 spiro atoms. The van der Waals surface area contributed by atoms with Gasteiger partial charge in [0.15, 0.2) is 0 Å². The third-order valence-electron chi connectivity index (χ3n) is 1.83. The molecular formula is C8H17N3O4. The molecule has 7 nitrogen and oxygen atoms in total. The predicted molar refractivity (Wildman–Crippen MR) is 53.1 cm³/mol. The molecule has 0 aromatic heterocycles. The molecule has 0 aliphatic rings. The molecule has 0 amide bonds. The average molecular weight is 219 g/mol. The van der Waals surface area contributed by atoms with Crippen LogP contribution < -0.4 is 16.8 Å². The van der Waals surface area contributed by atoms with E-state index in [1.165, 1.54) is 0 Å². The van der Waals surface area contributed by atoms with Gasteiger partial charge in [-0.3, -0.25) is 14.9 Å². The maximum atomic E-state index is 10.7. The Morgan fingerprint density at radius 1 is 1.20 bits per heavy atom. The number of rotatable bonds is 8. The molecule has 7 N–H and O–H groups in total. The highest BCUT2D eigenvalue weighted by Crippen LogP contribution is 2.01. The van der Waals surface area contributed by atoms with Gasteiger partial charge in [-0.15, -0.1) is 0 Å². The lowest BCUT2D eigenvalue weighted by molar-refractivity contribution is -0.140. The molecule has 0 aromatic rings. The Bertz CT molecular complexity index is 220. The number of aliphatic carboxylic acids is 2. The molecule has 7 heteroatoms. The fraction of sp³-hybridized carbons (Fsp3) is 0.750. The van der Waals surface area contributed by atoms with Crippen LogP contribution in [0.1, 0.15) is 19.3 Å². The second-order valence-corrected chi connectivity index (χ2v) is 3.26. The van der Waals surface area contributed by atoms with Gasteiger partial charge in [-0.2, -0.15) is 0 Å². The number of carbonyl (C=O) groups is 2. The summed E-state index contributed by atoms with van der Waals surface area (Å²) >= 11 is 0. The summed E-state index contributed by atoms with van der Waals surface area (Å²) < 4.78 is 0. The van der Waals surface area contributed by atoms with Crippen molar-refractivity contribution in [1.82, 2.24) is 5.32 Å². The van der Waals surface area contributed by atoms with Gasteiger partial charge in [-0.05, 0) is 19.3 Å². The van der Waals surface area contributed by atoms with E-state index < -0.39 is 24.1 Å². The largest absolute Gasteiger partial charge is 0.480 e. The van der Waals surface area contributed by atoms with Crippen LogP contribution in [-0.2, 0) is 9.59 Å². The van der Waals surface area contributed by atoms with E-state index >= 15 is 0 Å². The van der Waals surface area contributed by atoms with E-state index in [1.54, 1.807) is 0 Å². The molecule has 88 valence electrons. The van der Waals surface area contributed by atoms with Crippen molar-refractivity contribution in [2.45, 2.75) is 31.5 Å². The van der Waals surface area contributed by atoms with E-state index in [0.717, 1.165) is 0 Å². The highest BCUT2D eigenvalue weighted by molar-refractivity contribution is 5.75. The first kappa shape index (κ1) is 13.8. The number of hydrogen-bond donors (Lipinski definition) is 5. The van der Waals surface area contributed by atoms with E-state index in [0.29, 0.717) is 19.3 Å². The molecule has 0 aliphatic carbocycles. The molecule has 1 atom stereocenters. The summed E-state index contributed by atoms with van der Waals surface area (Å²) in [5.74, 6) is -2.15. The SMILES string of the molecule is NC(N)CCCC(NCC(=O)O)C(=O)O. The smallest absolute Gasteiger partial charge is 0.320 e. The minimum atomic E-state index is -1.09. The van der Waals surface area contributed by atoms with Gasteiger partial charge in [-0.25, -0.2) is 0 Å². The lowest BCUT2D eigenvalue weighted by Crippen LogP contribution is -2.40. The summed E-state index contributed by atoms with van der Waals surface area (Å²) in [7, 11) is 0. The van der Waals surface area contributed by atoms with Crippen molar-refractivity contribution in [3.8, 4) is 0 Å². The molecule has 0 fully saturated rings. The minimum absolute atomic E-state index is 0.313. The molecule has 0 radical (unpaired) electrons. The van der Waals surface area contributed by atoms with E-state index in [9.17, 15) is 9.59 Å². The van der Waals surface area contributed by atoms with Gasteiger partial charge >= 0.3 is 11.9 Å². The minimum Gasteiger partial charge on any atom is -0.480 e. The van der Waals surface area contributed by atoms with Gasteiger partial charge in [-0.1, -0.05) is 0 Å². The summed E-state index contributed by atoms with van der Waals surface area (Å²) in [6.45, 7) is -0.369. The Hall–Kier alpha value is -1.18. The summed E-state index contributed by atoms with van der Waals surface area (Å²) in [6, 6.07) is -0.861. The molecule has 0 aliphatic heterocycles. The second-order valence-electron chi connectivity index (χ2n) is 3.26. The van der Waals surface area contributed by atoms with Crippen LogP contribution in [0.4, 0.5) is 0 Å². The van der Waals surface area contributed by atoms with Crippen LogP contribution in [0.5, 0.6) is 0 Å². The third-order valence-corrected chi connectivity index (χ3v) is 1.83. The van der Waals surface area contributed by atoms with E-state index in [2.05, 4.69) is 5.32 Å². The number of nitrogens with one attached hydrogen (secondary N) is 1. The molecule has 0 saturated carbocycles. The topological polar surface area (TPSA) is 139 Å². The van der Waals surface area contributed by atoms with Crippen molar-refractivity contribution in [2.75, 3.05) is 6.54 Å². The zero-order valence-corrected chi connectivity index (χ0v) is 8.35. The zero-order chi connectivity index (χ0) is 11.8. The highest BCUT2D eigenvalue weighted by Gasteiger charge is 2.17. The van der Waals surface area contributed by atoms with Crippen molar-refractivity contribution in [3.63, 3.8) is 0 Å². The molecule has 0 rings (SSSR count). The van der Waals surface area contributed by atoms with Gasteiger partial charge in [0.2, 0.25) is 0 Å². The summed E-state index contributed by atoms with van der Waals surface area (Å²) in [4.78, 5) is 20.9. The quantitative estimate of drug-likeness (QED) is 0.314. The van der Waals surface area contributed by atoms with Gasteiger partial charge in [0, 0.05) is 0 Å². The Kier molecular flexibility index (Phi) is 6.59. The van der Waals surface area contributed by atoms with Gasteiger partial charge in [0.25, 0.3) is 0 Å². The van der Waals surface area contributed by atoms with Gasteiger partial charge in [0.1, 0.15) is 6.04 Å². The third kappa shape index (κ3) is 7.86. The van der Waals surface area contributed by atoms with Crippen LogP contribution >= 0.6 is 0 Å². The number of hydrogen-bond acceptors (Lipinski definition) is 5. The maximum absolute atomic E-state index is 10.7. The van der Waals surface area contributed by atoms with Crippen molar-refractivity contribution in [2.24, 2.45) is 11.5 Å². The Morgan fingerprint density at radius 2 is 1.80 bits per heavy atom. The van der Waals surface area contributed by atoms with Crippen LogP contribution in [-0.4, -0.2) is 40.9 Å². The van der Waals surface area contributed by atoms with Crippen LogP contribution in [0.15, 0.2) is 0 Å². The summed E-state index contributed by atoms with van der Waals surface area (Å²) in [6.07, 6.45) is 0.909. The molecule has 1 unspecified atom stereocenters. The first-order valence-corrected chi connectivity index (χ1v) is 4.62. The first-order chi connectivity index (χ1) is 6.93. The van der Waals surface area contributed by atoms with Crippen LogP contribution in [0.3, 0.4) is 0 Å². The average Bonchev–Trinajstić information content (AvgIpc) is 2.09. The Morgan fingerprint density at radius 3 is 2.20 bits per heavy atom. The molecule has 15 heavy (non-hydrogen) atoms. The molecule has 0 aromatic carbocycles. The molecule has 0 bridgehead atoms. The van der Waals surface area contributed by atoms with Crippen molar-refractivity contribution < 1.29 is 19.8 Å². The fourth-order valence-electron chi connectivity index (χ4n) is 1.08. The number of carboxylic acid groups (broad SMARTS) is 2. The summed E-state index contributed by atoms with van der Waals surface area (Å²) in [5.41, 5.74) is 10.6.